The lowest BCUT2D eigenvalue weighted by atomic mass is 10.0. The first kappa shape index (κ1) is 15.0. The summed E-state index contributed by atoms with van der Waals surface area (Å²) in [7, 11) is 0. The Morgan fingerprint density at radius 1 is 1.30 bits per heavy atom. The Hall–Kier alpha value is -1.35. The molecule has 1 N–H and O–H groups in total. The molecule has 0 saturated carbocycles. The standard InChI is InChI=1S/C17H25NO2/c1-3-5-14-6-8-15(9-7-14)16(19)12-18-11-13(4-2)10-17(18)20/h6-9,13,16,19H,3-5,10-12H2,1-2H3. The van der Waals surface area contributed by atoms with Gasteiger partial charge in [0, 0.05) is 13.0 Å². The summed E-state index contributed by atoms with van der Waals surface area (Å²) in [5.41, 5.74) is 2.20. The third-order valence-corrected chi connectivity index (χ3v) is 4.17. The summed E-state index contributed by atoms with van der Waals surface area (Å²) in [5.74, 6) is 0.639. The monoisotopic (exact) mass is 275 g/mol. The molecule has 0 radical (unpaired) electrons. The maximum atomic E-state index is 11.9. The van der Waals surface area contributed by atoms with E-state index in [-0.39, 0.29) is 5.91 Å². The molecule has 2 atom stereocenters. The first-order chi connectivity index (χ1) is 9.63. The minimum absolute atomic E-state index is 0.179. The topological polar surface area (TPSA) is 40.5 Å². The number of aliphatic hydroxyl groups is 1. The van der Waals surface area contributed by atoms with Gasteiger partial charge in [-0.2, -0.15) is 0 Å². The highest BCUT2D eigenvalue weighted by molar-refractivity contribution is 5.78. The van der Waals surface area contributed by atoms with Crippen molar-refractivity contribution in [3.63, 3.8) is 0 Å². The van der Waals surface area contributed by atoms with Gasteiger partial charge in [-0.05, 0) is 23.5 Å². The highest BCUT2D eigenvalue weighted by Gasteiger charge is 2.29. The van der Waals surface area contributed by atoms with Gasteiger partial charge in [-0.3, -0.25) is 4.79 Å². The van der Waals surface area contributed by atoms with Crippen molar-refractivity contribution >= 4 is 5.91 Å². The molecule has 1 aliphatic heterocycles. The quantitative estimate of drug-likeness (QED) is 0.867. The molecule has 1 aliphatic rings. The maximum absolute atomic E-state index is 11.9. The van der Waals surface area contributed by atoms with Gasteiger partial charge >= 0.3 is 0 Å². The maximum Gasteiger partial charge on any atom is 0.223 e. The molecule has 0 aromatic heterocycles. The molecule has 2 unspecified atom stereocenters. The van der Waals surface area contributed by atoms with E-state index < -0.39 is 6.10 Å². The Bertz CT molecular complexity index is 441. The van der Waals surface area contributed by atoms with Gasteiger partial charge < -0.3 is 10.0 Å². The van der Waals surface area contributed by atoms with E-state index in [1.54, 1.807) is 4.90 Å². The number of amides is 1. The summed E-state index contributed by atoms with van der Waals surface area (Å²) in [5, 5.41) is 10.3. The van der Waals surface area contributed by atoms with Gasteiger partial charge in [0.05, 0.1) is 12.6 Å². The molecule has 3 heteroatoms. The number of β-amino-alcohol motifs (C(OH)–C–C–N with tert-alkyl or cyclic N) is 1. The van der Waals surface area contributed by atoms with Crippen LogP contribution in [0.3, 0.4) is 0 Å². The predicted octanol–water partition coefficient (Wildman–Crippen LogP) is 2.93. The lowest BCUT2D eigenvalue weighted by molar-refractivity contribution is -0.129. The van der Waals surface area contributed by atoms with Crippen LogP contribution < -0.4 is 0 Å². The fraction of sp³-hybridized carbons (Fsp3) is 0.588. The largest absolute Gasteiger partial charge is 0.387 e. The average Bonchev–Trinajstić information content (AvgIpc) is 2.80. The van der Waals surface area contributed by atoms with E-state index in [2.05, 4.69) is 26.0 Å². The Kier molecular flexibility index (Phi) is 5.18. The van der Waals surface area contributed by atoms with Crippen molar-refractivity contribution < 1.29 is 9.90 Å². The predicted molar refractivity (Wildman–Crippen MR) is 80.4 cm³/mol. The summed E-state index contributed by atoms with van der Waals surface area (Å²) in [6.45, 7) is 5.49. The molecule has 0 spiro atoms. The number of aryl methyl sites for hydroxylation is 1. The van der Waals surface area contributed by atoms with Gasteiger partial charge in [0.25, 0.3) is 0 Å². The molecule has 0 aliphatic carbocycles. The Balaban J connectivity index is 1.94. The van der Waals surface area contributed by atoms with Gasteiger partial charge in [-0.25, -0.2) is 0 Å². The van der Waals surface area contributed by atoms with Crippen molar-refractivity contribution in [3.05, 3.63) is 35.4 Å². The highest BCUT2D eigenvalue weighted by atomic mass is 16.3. The van der Waals surface area contributed by atoms with Gasteiger partial charge in [0.1, 0.15) is 0 Å². The zero-order chi connectivity index (χ0) is 14.5. The van der Waals surface area contributed by atoms with Crippen LogP contribution in [0.1, 0.15) is 50.3 Å². The molecule has 1 heterocycles. The number of benzene rings is 1. The second-order valence-corrected chi connectivity index (χ2v) is 5.78. The summed E-state index contributed by atoms with van der Waals surface area (Å²) in [4.78, 5) is 13.7. The summed E-state index contributed by atoms with van der Waals surface area (Å²) in [6, 6.07) is 8.10. The van der Waals surface area contributed by atoms with E-state index >= 15 is 0 Å². The molecule has 1 saturated heterocycles. The molecule has 1 aromatic rings. The first-order valence-electron chi connectivity index (χ1n) is 7.68. The Morgan fingerprint density at radius 3 is 2.55 bits per heavy atom. The summed E-state index contributed by atoms with van der Waals surface area (Å²) in [6.07, 6.45) is 3.29. The molecular formula is C17H25NO2. The minimum atomic E-state index is -0.578. The number of hydrogen-bond acceptors (Lipinski definition) is 2. The second-order valence-electron chi connectivity index (χ2n) is 5.78. The van der Waals surface area contributed by atoms with Crippen LogP contribution in [0.4, 0.5) is 0 Å². The van der Waals surface area contributed by atoms with E-state index in [0.29, 0.717) is 18.9 Å². The highest BCUT2D eigenvalue weighted by Crippen LogP contribution is 2.24. The van der Waals surface area contributed by atoms with Crippen molar-refractivity contribution in [1.82, 2.24) is 4.90 Å². The van der Waals surface area contributed by atoms with Crippen molar-refractivity contribution in [1.29, 1.82) is 0 Å². The minimum Gasteiger partial charge on any atom is -0.387 e. The summed E-state index contributed by atoms with van der Waals surface area (Å²) >= 11 is 0. The normalized spacial score (nSPS) is 20.4. The number of carbonyl (C=O) groups is 1. The van der Waals surface area contributed by atoms with Gasteiger partial charge in [0.15, 0.2) is 0 Å². The van der Waals surface area contributed by atoms with Crippen molar-refractivity contribution in [3.8, 4) is 0 Å². The van der Waals surface area contributed by atoms with Crippen LogP contribution in [-0.4, -0.2) is 29.0 Å². The van der Waals surface area contributed by atoms with Gasteiger partial charge in [0.2, 0.25) is 5.91 Å². The molecule has 1 fully saturated rings. The third kappa shape index (κ3) is 3.60. The first-order valence-corrected chi connectivity index (χ1v) is 7.68. The number of hydrogen-bond donors (Lipinski definition) is 1. The molecule has 1 aromatic carbocycles. The third-order valence-electron chi connectivity index (χ3n) is 4.17. The van der Waals surface area contributed by atoms with Crippen LogP contribution in [0.25, 0.3) is 0 Å². The number of nitrogens with zero attached hydrogens (tertiary/aromatic N) is 1. The molecule has 2 rings (SSSR count). The van der Waals surface area contributed by atoms with Crippen LogP contribution >= 0.6 is 0 Å². The van der Waals surface area contributed by atoms with E-state index in [9.17, 15) is 9.90 Å². The molecule has 3 nitrogen and oxygen atoms in total. The number of rotatable bonds is 6. The zero-order valence-electron chi connectivity index (χ0n) is 12.5. The van der Waals surface area contributed by atoms with Crippen molar-refractivity contribution in [2.45, 2.75) is 45.6 Å². The van der Waals surface area contributed by atoms with Crippen LogP contribution in [0, 0.1) is 5.92 Å². The Labute approximate surface area is 121 Å². The van der Waals surface area contributed by atoms with Crippen molar-refractivity contribution in [2.24, 2.45) is 5.92 Å². The fourth-order valence-corrected chi connectivity index (χ4v) is 2.81. The molecule has 1 amide bonds. The van der Waals surface area contributed by atoms with Crippen LogP contribution in [0.2, 0.25) is 0 Å². The van der Waals surface area contributed by atoms with E-state index in [0.717, 1.165) is 31.4 Å². The smallest absolute Gasteiger partial charge is 0.223 e. The van der Waals surface area contributed by atoms with Crippen LogP contribution in [0.15, 0.2) is 24.3 Å². The number of aliphatic hydroxyl groups excluding tert-OH is 1. The zero-order valence-corrected chi connectivity index (χ0v) is 12.5. The summed E-state index contributed by atoms with van der Waals surface area (Å²) < 4.78 is 0. The number of likely N-dealkylation sites (tertiary alicyclic amines) is 1. The van der Waals surface area contributed by atoms with Crippen LogP contribution in [-0.2, 0) is 11.2 Å². The van der Waals surface area contributed by atoms with Gasteiger partial charge in [-0.1, -0.05) is 51.0 Å². The van der Waals surface area contributed by atoms with Crippen molar-refractivity contribution in [2.75, 3.05) is 13.1 Å². The van der Waals surface area contributed by atoms with Gasteiger partial charge in [-0.15, -0.1) is 0 Å². The lowest BCUT2D eigenvalue weighted by Gasteiger charge is -2.21. The molecule has 110 valence electrons. The lowest BCUT2D eigenvalue weighted by Crippen LogP contribution is -2.30. The van der Waals surface area contributed by atoms with E-state index in [1.807, 2.05) is 12.1 Å². The second kappa shape index (κ2) is 6.89. The fourth-order valence-electron chi connectivity index (χ4n) is 2.81. The molecule has 0 bridgehead atoms. The molecular weight excluding hydrogens is 250 g/mol. The van der Waals surface area contributed by atoms with E-state index in [1.165, 1.54) is 5.56 Å². The average molecular weight is 275 g/mol. The Morgan fingerprint density at radius 2 is 2.00 bits per heavy atom. The van der Waals surface area contributed by atoms with Crippen LogP contribution in [0.5, 0.6) is 0 Å². The van der Waals surface area contributed by atoms with E-state index in [4.69, 9.17) is 0 Å². The number of carbonyl (C=O) groups excluding carboxylic acids is 1. The SMILES string of the molecule is CCCc1ccc(C(O)CN2CC(CC)CC2=O)cc1. The molecule has 20 heavy (non-hydrogen) atoms.